The number of benzene rings is 3. The fraction of sp³-hybridized carbons (Fsp3) is 0.375. The van der Waals surface area contributed by atoms with Crippen LogP contribution in [0.2, 0.25) is 0 Å². The lowest BCUT2D eigenvalue weighted by molar-refractivity contribution is -0.129. The number of rotatable bonds is 10. The van der Waals surface area contributed by atoms with E-state index in [0.29, 0.717) is 25.5 Å². The second kappa shape index (κ2) is 11.2. The highest BCUT2D eigenvalue weighted by atomic mass is 16.5. The Morgan fingerprint density at radius 1 is 0.946 bits per heavy atom. The van der Waals surface area contributed by atoms with E-state index >= 15 is 0 Å². The van der Waals surface area contributed by atoms with Crippen molar-refractivity contribution >= 4 is 16.9 Å². The van der Waals surface area contributed by atoms with Crippen LogP contribution in [0.3, 0.4) is 0 Å². The minimum atomic E-state index is 0.0524. The van der Waals surface area contributed by atoms with Gasteiger partial charge in [0.25, 0.3) is 0 Å². The van der Waals surface area contributed by atoms with E-state index in [4.69, 9.17) is 9.72 Å². The van der Waals surface area contributed by atoms with Crippen LogP contribution in [0.1, 0.15) is 74.9 Å². The number of carbonyl (C=O) groups is 1. The molecular formula is C32H37N3O2. The zero-order valence-corrected chi connectivity index (χ0v) is 22.1. The molecule has 2 heterocycles. The summed E-state index contributed by atoms with van der Waals surface area (Å²) in [6.07, 6.45) is 2.50. The molecule has 0 radical (unpaired) electrons. The molecule has 192 valence electrons. The number of ether oxygens (including phenoxy) is 1. The molecule has 0 bridgehead atoms. The minimum absolute atomic E-state index is 0.0524. The third-order valence-electron chi connectivity index (χ3n) is 7.81. The maximum absolute atomic E-state index is 13.1. The number of amides is 1. The molecule has 0 N–H and O–H groups in total. The zero-order chi connectivity index (χ0) is 25.8. The number of hydrogen-bond acceptors (Lipinski definition) is 3. The molecule has 5 heteroatoms. The zero-order valence-electron chi connectivity index (χ0n) is 22.1. The van der Waals surface area contributed by atoms with Crippen molar-refractivity contribution in [3.05, 3.63) is 95.8 Å². The Morgan fingerprint density at radius 2 is 1.68 bits per heavy atom. The van der Waals surface area contributed by atoms with Crippen LogP contribution in [0.15, 0.2) is 78.9 Å². The number of carbonyl (C=O) groups excluding carboxylic acids is 1. The lowest BCUT2D eigenvalue weighted by atomic mass is 9.99. The van der Waals surface area contributed by atoms with Gasteiger partial charge >= 0.3 is 0 Å². The summed E-state index contributed by atoms with van der Waals surface area (Å²) >= 11 is 0. The molecule has 5 rings (SSSR count). The van der Waals surface area contributed by atoms with E-state index in [0.717, 1.165) is 42.0 Å². The van der Waals surface area contributed by atoms with Crippen molar-refractivity contribution in [2.24, 2.45) is 0 Å². The summed E-state index contributed by atoms with van der Waals surface area (Å²) in [7, 11) is 0. The molecule has 1 aromatic heterocycles. The molecule has 37 heavy (non-hydrogen) atoms. The topological polar surface area (TPSA) is 47.4 Å². The molecule has 0 saturated carbocycles. The first-order chi connectivity index (χ1) is 18.0. The summed E-state index contributed by atoms with van der Waals surface area (Å²) in [6.45, 7) is 8.71. The van der Waals surface area contributed by atoms with Crippen LogP contribution in [0.25, 0.3) is 11.0 Å². The maximum atomic E-state index is 13.1. The molecule has 3 unspecified atom stereocenters. The van der Waals surface area contributed by atoms with E-state index in [9.17, 15) is 4.79 Å². The first kappa shape index (κ1) is 25.1. The first-order valence-corrected chi connectivity index (χ1v) is 13.6. The Kier molecular flexibility index (Phi) is 7.59. The van der Waals surface area contributed by atoms with Gasteiger partial charge in [-0.3, -0.25) is 4.79 Å². The van der Waals surface area contributed by atoms with Crippen molar-refractivity contribution in [2.45, 2.75) is 64.5 Å². The van der Waals surface area contributed by atoms with E-state index in [1.54, 1.807) is 0 Å². The fourth-order valence-electron chi connectivity index (χ4n) is 5.37. The first-order valence-electron chi connectivity index (χ1n) is 13.6. The molecule has 1 fully saturated rings. The monoisotopic (exact) mass is 495 g/mol. The van der Waals surface area contributed by atoms with Gasteiger partial charge in [0, 0.05) is 25.4 Å². The summed E-state index contributed by atoms with van der Waals surface area (Å²) in [6, 6.07) is 27.1. The van der Waals surface area contributed by atoms with Gasteiger partial charge in [-0.2, -0.15) is 0 Å². The average Bonchev–Trinajstić information content (AvgIpc) is 3.51. The minimum Gasteiger partial charge on any atom is -0.494 e. The smallest absolute Gasteiger partial charge is 0.223 e. The summed E-state index contributed by atoms with van der Waals surface area (Å²) in [4.78, 5) is 20.1. The molecule has 3 atom stereocenters. The molecular weight excluding hydrogens is 458 g/mol. The Bertz CT molecular complexity index is 1330. The van der Waals surface area contributed by atoms with Gasteiger partial charge in [0.15, 0.2) is 0 Å². The van der Waals surface area contributed by atoms with Gasteiger partial charge in [-0.25, -0.2) is 4.98 Å². The predicted octanol–water partition coefficient (Wildman–Crippen LogP) is 7.10. The molecule has 1 amide bonds. The van der Waals surface area contributed by atoms with Crippen LogP contribution >= 0.6 is 0 Å². The number of aromatic nitrogens is 2. The van der Waals surface area contributed by atoms with Gasteiger partial charge in [-0.05, 0) is 61.1 Å². The van der Waals surface area contributed by atoms with E-state index in [1.165, 1.54) is 11.1 Å². The van der Waals surface area contributed by atoms with Crippen LogP contribution in [0.4, 0.5) is 0 Å². The molecule has 0 spiro atoms. The van der Waals surface area contributed by atoms with E-state index in [1.807, 2.05) is 29.2 Å². The summed E-state index contributed by atoms with van der Waals surface area (Å²) in [5.74, 6) is 2.77. The van der Waals surface area contributed by atoms with Crippen LogP contribution in [-0.2, 0) is 11.3 Å². The number of aryl methyl sites for hydroxylation is 1. The van der Waals surface area contributed by atoms with Crippen molar-refractivity contribution < 1.29 is 9.53 Å². The number of imidazole rings is 1. The Morgan fingerprint density at radius 3 is 2.43 bits per heavy atom. The number of likely N-dealkylation sites (tertiary alicyclic amines) is 1. The molecule has 0 aliphatic carbocycles. The van der Waals surface area contributed by atoms with E-state index < -0.39 is 0 Å². The molecule has 3 aromatic carbocycles. The Hall–Kier alpha value is -3.60. The fourth-order valence-corrected chi connectivity index (χ4v) is 5.37. The summed E-state index contributed by atoms with van der Waals surface area (Å²) < 4.78 is 8.37. The summed E-state index contributed by atoms with van der Waals surface area (Å²) in [5, 5.41) is 0. The van der Waals surface area contributed by atoms with Crippen LogP contribution < -0.4 is 4.74 Å². The van der Waals surface area contributed by atoms with Crippen LogP contribution in [0, 0.1) is 0 Å². The van der Waals surface area contributed by atoms with Crippen molar-refractivity contribution in [1.29, 1.82) is 0 Å². The number of hydrogen-bond donors (Lipinski definition) is 0. The van der Waals surface area contributed by atoms with Crippen molar-refractivity contribution in [1.82, 2.24) is 14.5 Å². The number of nitrogens with zero attached hydrogens (tertiary/aromatic N) is 3. The van der Waals surface area contributed by atoms with Crippen molar-refractivity contribution in [3.8, 4) is 5.75 Å². The van der Waals surface area contributed by atoms with Gasteiger partial charge in [-0.15, -0.1) is 0 Å². The van der Waals surface area contributed by atoms with E-state index in [2.05, 4.69) is 79.9 Å². The van der Waals surface area contributed by atoms with Gasteiger partial charge in [0.05, 0.1) is 23.7 Å². The lowest BCUT2D eigenvalue weighted by Crippen LogP contribution is -2.28. The SMILES string of the molecule is CCC(C)c1ccc(OCCCn2c(C3CC(=O)N(C(C)c4ccccc4)C3)nc3ccccc32)cc1. The maximum Gasteiger partial charge on any atom is 0.223 e. The third-order valence-corrected chi connectivity index (χ3v) is 7.81. The van der Waals surface area contributed by atoms with Gasteiger partial charge in [0.2, 0.25) is 5.91 Å². The Balaban J connectivity index is 1.28. The second-order valence-corrected chi connectivity index (χ2v) is 10.2. The van der Waals surface area contributed by atoms with Gasteiger partial charge in [-0.1, -0.05) is 68.4 Å². The normalized spacial score (nSPS) is 17.3. The van der Waals surface area contributed by atoms with Crippen LogP contribution in [-0.4, -0.2) is 33.5 Å². The number of fused-ring (bicyclic) bond motifs is 1. The van der Waals surface area contributed by atoms with Crippen LogP contribution in [0.5, 0.6) is 5.75 Å². The molecule has 1 saturated heterocycles. The van der Waals surface area contributed by atoms with Gasteiger partial charge < -0.3 is 14.2 Å². The average molecular weight is 496 g/mol. The highest BCUT2D eigenvalue weighted by Gasteiger charge is 2.36. The molecule has 1 aliphatic heterocycles. The quantitative estimate of drug-likeness (QED) is 0.221. The Labute approximate surface area is 220 Å². The van der Waals surface area contributed by atoms with E-state index in [-0.39, 0.29) is 17.9 Å². The second-order valence-electron chi connectivity index (χ2n) is 10.2. The standard InChI is InChI=1S/C32H37N3O2/c1-4-23(2)25-15-17-28(18-16-25)37-20-10-19-34-30-14-9-8-13-29(30)33-32(34)27-21-31(36)35(22-27)24(3)26-11-6-5-7-12-26/h5-9,11-18,23-24,27H,4,10,19-22H2,1-3H3. The largest absolute Gasteiger partial charge is 0.494 e. The third kappa shape index (κ3) is 5.41. The highest BCUT2D eigenvalue weighted by molar-refractivity contribution is 5.81. The van der Waals surface area contributed by atoms with Crippen molar-refractivity contribution in [3.63, 3.8) is 0 Å². The predicted molar refractivity (Wildman–Crippen MR) is 149 cm³/mol. The van der Waals surface area contributed by atoms with Gasteiger partial charge in [0.1, 0.15) is 11.6 Å². The molecule has 4 aromatic rings. The van der Waals surface area contributed by atoms with Crippen molar-refractivity contribution in [2.75, 3.05) is 13.2 Å². The lowest BCUT2D eigenvalue weighted by Gasteiger charge is -2.25. The highest BCUT2D eigenvalue weighted by Crippen LogP contribution is 2.35. The molecule has 1 aliphatic rings. The number of para-hydroxylation sites is 2. The summed E-state index contributed by atoms with van der Waals surface area (Å²) in [5.41, 5.74) is 4.63. The molecule has 5 nitrogen and oxygen atoms in total.